The molecule has 2 unspecified atom stereocenters. The van der Waals surface area contributed by atoms with E-state index in [2.05, 4.69) is 30.7 Å². The fraction of sp³-hybridized carbons (Fsp3) is 0.231. The Morgan fingerprint density at radius 3 is 2.70 bits per heavy atom. The second-order valence-corrected chi connectivity index (χ2v) is 9.06. The summed E-state index contributed by atoms with van der Waals surface area (Å²) >= 11 is 0. The first-order chi connectivity index (χ1) is 18.0. The van der Waals surface area contributed by atoms with Gasteiger partial charge in [0.05, 0.1) is 24.8 Å². The van der Waals surface area contributed by atoms with E-state index in [0.717, 1.165) is 30.2 Å². The molecule has 3 aromatic heterocycles. The van der Waals surface area contributed by atoms with Gasteiger partial charge in [0.25, 0.3) is 0 Å². The standard InChI is InChI=1S/C26H24F2N8O/c1-34-32-25(31-33-34)16-4-7-18(8-5-16)30-26(37)21-15-29-36-12-10-19(14-24(21)36)35-11-2-3-23(35)20-13-17(27)6-9-22(20)28/h4-10,12-15,23,26,30,37H,2-3,11H2,1H3. The number of aliphatic hydroxyl groups is 1. The van der Waals surface area contributed by atoms with Crippen molar-refractivity contribution < 1.29 is 13.9 Å². The molecule has 1 saturated heterocycles. The molecule has 1 aliphatic heterocycles. The Morgan fingerprint density at radius 2 is 1.92 bits per heavy atom. The van der Waals surface area contributed by atoms with Crippen LogP contribution in [0.15, 0.2) is 67.0 Å². The van der Waals surface area contributed by atoms with E-state index in [9.17, 15) is 13.9 Å². The van der Waals surface area contributed by atoms with Crippen molar-refractivity contribution in [2.75, 3.05) is 16.8 Å². The third-order valence-corrected chi connectivity index (χ3v) is 6.69. The van der Waals surface area contributed by atoms with Gasteiger partial charge in [0, 0.05) is 40.8 Å². The second kappa shape index (κ2) is 9.25. The van der Waals surface area contributed by atoms with Crippen molar-refractivity contribution in [2.45, 2.75) is 25.1 Å². The summed E-state index contributed by atoms with van der Waals surface area (Å²) in [5.41, 5.74) is 4.03. The highest BCUT2D eigenvalue weighted by Gasteiger charge is 2.29. The van der Waals surface area contributed by atoms with Crippen LogP contribution in [0.4, 0.5) is 20.2 Å². The normalized spacial score (nSPS) is 16.4. The molecule has 188 valence electrons. The molecule has 5 aromatic rings. The highest BCUT2D eigenvalue weighted by atomic mass is 19.1. The highest BCUT2D eigenvalue weighted by molar-refractivity contribution is 5.66. The van der Waals surface area contributed by atoms with E-state index >= 15 is 0 Å². The Morgan fingerprint density at radius 1 is 1.08 bits per heavy atom. The van der Waals surface area contributed by atoms with Gasteiger partial charge in [0.15, 0.2) is 6.23 Å². The summed E-state index contributed by atoms with van der Waals surface area (Å²) in [6, 6.07) is 14.5. The molecule has 1 aliphatic rings. The maximum absolute atomic E-state index is 14.6. The average Bonchev–Trinajstić information content (AvgIpc) is 3.65. The molecule has 0 amide bonds. The summed E-state index contributed by atoms with van der Waals surface area (Å²) in [5, 5.41) is 30.5. The third-order valence-electron chi connectivity index (χ3n) is 6.69. The van der Waals surface area contributed by atoms with Crippen LogP contribution < -0.4 is 10.2 Å². The first-order valence-corrected chi connectivity index (χ1v) is 11.9. The molecule has 37 heavy (non-hydrogen) atoms. The van der Waals surface area contributed by atoms with Crippen molar-refractivity contribution in [1.29, 1.82) is 0 Å². The van der Waals surface area contributed by atoms with Gasteiger partial charge < -0.3 is 15.3 Å². The molecule has 0 radical (unpaired) electrons. The van der Waals surface area contributed by atoms with Gasteiger partial charge in [-0.2, -0.15) is 9.90 Å². The minimum absolute atomic E-state index is 0.269. The number of tetrazole rings is 1. The lowest BCUT2D eigenvalue weighted by atomic mass is 10.0. The van der Waals surface area contributed by atoms with Crippen LogP contribution in [0.5, 0.6) is 0 Å². The van der Waals surface area contributed by atoms with Crippen LogP contribution in [-0.4, -0.2) is 41.5 Å². The minimum atomic E-state index is -1.02. The molecule has 2 atom stereocenters. The molecule has 4 heterocycles. The van der Waals surface area contributed by atoms with Crippen LogP contribution in [0.25, 0.3) is 16.9 Å². The number of nitrogens with one attached hydrogen (secondary N) is 1. The van der Waals surface area contributed by atoms with Gasteiger partial charge in [-0.3, -0.25) is 0 Å². The number of hydrogen-bond acceptors (Lipinski definition) is 7. The maximum Gasteiger partial charge on any atom is 0.204 e. The zero-order chi connectivity index (χ0) is 25.5. The molecule has 2 N–H and O–H groups in total. The number of benzene rings is 2. The molecule has 0 bridgehead atoms. The van der Waals surface area contributed by atoms with Gasteiger partial charge in [-0.15, -0.1) is 10.2 Å². The number of rotatable bonds is 6. The van der Waals surface area contributed by atoms with Crippen LogP contribution in [-0.2, 0) is 7.05 Å². The predicted octanol–water partition coefficient (Wildman–Crippen LogP) is 4.25. The van der Waals surface area contributed by atoms with E-state index < -0.39 is 17.9 Å². The van der Waals surface area contributed by atoms with Crippen LogP contribution in [0.2, 0.25) is 0 Å². The summed E-state index contributed by atoms with van der Waals surface area (Å²) in [6.45, 7) is 0.716. The number of aromatic nitrogens is 6. The summed E-state index contributed by atoms with van der Waals surface area (Å²) in [4.78, 5) is 3.47. The third kappa shape index (κ3) is 4.38. The number of halogens is 2. The number of anilines is 2. The smallest absolute Gasteiger partial charge is 0.204 e. The van der Waals surface area contributed by atoms with E-state index in [0.29, 0.717) is 34.7 Å². The fourth-order valence-electron chi connectivity index (χ4n) is 4.90. The van der Waals surface area contributed by atoms with Crippen molar-refractivity contribution in [3.63, 3.8) is 0 Å². The van der Waals surface area contributed by atoms with Gasteiger partial charge in [0.2, 0.25) is 5.82 Å². The van der Waals surface area contributed by atoms with E-state index in [1.165, 1.54) is 16.9 Å². The van der Waals surface area contributed by atoms with Gasteiger partial charge in [-0.1, -0.05) is 0 Å². The Kier molecular flexibility index (Phi) is 5.76. The first-order valence-electron chi connectivity index (χ1n) is 11.9. The number of pyridine rings is 1. The molecular formula is C26H24F2N8O. The molecular weight excluding hydrogens is 478 g/mol. The van der Waals surface area contributed by atoms with Crippen LogP contribution >= 0.6 is 0 Å². The fourth-order valence-corrected chi connectivity index (χ4v) is 4.90. The predicted molar refractivity (Wildman–Crippen MR) is 134 cm³/mol. The summed E-state index contributed by atoms with van der Waals surface area (Å²) < 4.78 is 30.1. The number of aliphatic hydroxyl groups excluding tert-OH is 1. The van der Waals surface area contributed by atoms with Crippen molar-refractivity contribution >= 4 is 16.9 Å². The highest BCUT2D eigenvalue weighted by Crippen LogP contribution is 2.38. The molecule has 2 aromatic carbocycles. The summed E-state index contributed by atoms with van der Waals surface area (Å²) in [7, 11) is 1.70. The SMILES string of the molecule is Cn1nnc(-c2ccc(NC(O)c3cnn4ccc(N5CCCC5c5cc(F)ccc5F)cc34)cc2)n1. The lowest BCUT2D eigenvalue weighted by Crippen LogP contribution is -2.23. The lowest BCUT2D eigenvalue weighted by Gasteiger charge is -2.27. The maximum atomic E-state index is 14.6. The largest absolute Gasteiger partial charge is 0.369 e. The Bertz CT molecular complexity index is 1560. The van der Waals surface area contributed by atoms with Crippen molar-refractivity contribution in [3.05, 3.63) is 89.8 Å². The Labute approximate surface area is 211 Å². The van der Waals surface area contributed by atoms with Crippen LogP contribution in [0, 0.1) is 11.6 Å². The molecule has 9 nitrogen and oxygen atoms in total. The van der Waals surface area contributed by atoms with Gasteiger partial charge in [-0.05, 0) is 72.7 Å². The second-order valence-electron chi connectivity index (χ2n) is 9.06. The first kappa shape index (κ1) is 23.0. The number of aryl methyl sites for hydroxylation is 1. The van der Waals surface area contributed by atoms with E-state index in [1.54, 1.807) is 24.0 Å². The monoisotopic (exact) mass is 502 g/mol. The quantitative estimate of drug-likeness (QED) is 0.335. The molecule has 11 heteroatoms. The molecule has 1 fully saturated rings. The average molecular weight is 503 g/mol. The van der Waals surface area contributed by atoms with Crippen molar-refractivity contribution in [2.24, 2.45) is 7.05 Å². The molecule has 0 saturated carbocycles. The van der Waals surface area contributed by atoms with Gasteiger partial charge >= 0.3 is 0 Å². The minimum Gasteiger partial charge on any atom is -0.369 e. The summed E-state index contributed by atoms with van der Waals surface area (Å²) in [5.74, 6) is -0.347. The number of fused-ring (bicyclic) bond motifs is 1. The van der Waals surface area contributed by atoms with Crippen LogP contribution in [0.1, 0.15) is 36.2 Å². The van der Waals surface area contributed by atoms with E-state index in [-0.39, 0.29) is 6.04 Å². The number of nitrogens with zero attached hydrogens (tertiary/aromatic N) is 7. The van der Waals surface area contributed by atoms with Crippen molar-refractivity contribution in [3.8, 4) is 11.4 Å². The molecule has 0 aliphatic carbocycles. The zero-order valence-corrected chi connectivity index (χ0v) is 20.0. The van der Waals surface area contributed by atoms with E-state index in [4.69, 9.17) is 0 Å². The van der Waals surface area contributed by atoms with Gasteiger partial charge in [0.1, 0.15) is 11.6 Å². The van der Waals surface area contributed by atoms with Crippen molar-refractivity contribution in [1.82, 2.24) is 29.8 Å². The molecule has 0 spiro atoms. The van der Waals surface area contributed by atoms with E-state index in [1.807, 2.05) is 36.4 Å². The Balaban J connectivity index is 1.25. The van der Waals surface area contributed by atoms with Gasteiger partial charge in [-0.25, -0.2) is 13.3 Å². The topological polar surface area (TPSA) is 96.4 Å². The molecule has 6 rings (SSSR count). The zero-order valence-electron chi connectivity index (χ0n) is 20.0. The lowest BCUT2D eigenvalue weighted by molar-refractivity contribution is 0.210. The summed E-state index contributed by atoms with van der Waals surface area (Å²) in [6.07, 6.45) is 3.98. The Hall–Kier alpha value is -4.38. The van der Waals surface area contributed by atoms with Crippen LogP contribution in [0.3, 0.4) is 0 Å². The number of hydrogen-bond donors (Lipinski definition) is 2.